The zero-order valence-electron chi connectivity index (χ0n) is 23.8. The molecule has 4 aromatic rings. The average Bonchev–Trinajstić information content (AvgIpc) is 2.93. The van der Waals surface area contributed by atoms with Gasteiger partial charge in [-0.25, -0.2) is 35.9 Å². The lowest BCUT2D eigenvalue weighted by Gasteiger charge is -2.44. The summed E-state index contributed by atoms with van der Waals surface area (Å²) in [6.07, 6.45) is 2.18. The number of carbonyl (C=O) groups is 1. The third-order valence-corrected chi connectivity index (χ3v) is 8.67. The number of pyridine rings is 1. The molecule has 1 saturated heterocycles. The Morgan fingerprint density at radius 1 is 1.00 bits per heavy atom. The van der Waals surface area contributed by atoms with E-state index in [1.54, 1.807) is 36.6 Å². The Kier molecular flexibility index (Phi) is 7.63. The van der Waals surface area contributed by atoms with Gasteiger partial charge in [-0.3, -0.25) is 4.79 Å². The first kappa shape index (κ1) is 30.0. The first-order valence-corrected chi connectivity index (χ1v) is 15.2. The van der Waals surface area contributed by atoms with Crippen molar-refractivity contribution >= 4 is 32.6 Å². The van der Waals surface area contributed by atoms with Crippen LogP contribution < -0.4 is 10.6 Å². The average molecular weight is 612 g/mol. The second-order valence-electron chi connectivity index (χ2n) is 10.6. The summed E-state index contributed by atoms with van der Waals surface area (Å²) in [5.74, 6) is -3.48. The van der Waals surface area contributed by atoms with Crippen molar-refractivity contribution in [1.82, 2.24) is 19.4 Å². The minimum absolute atomic E-state index is 0.00264. The molecule has 9 nitrogen and oxygen atoms in total. The van der Waals surface area contributed by atoms with E-state index in [0.717, 1.165) is 35.1 Å². The molecular formula is C30H28F3N5O4S. The van der Waals surface area contributed by atoms with Crippen LogP contribution in [0, 0.1) is 24.4 Å². The number of fused-ring (bicyclic) bond motifs is 1. The third-order valence-electron chi connectivity index (χ3n) is 7.54. The predicted octanol–water partition coefficient (Wildman–Crippen LogP) is 4.19. The van der Waals surface area contributed by atoms with Gasteiger partial charge in [0.15, 0.2) is 21.3 Å². The maximum atomic E-state index is 15.8. The summed E-state index contributed by atoms with van der Waals surface area (Å²) in [6, 6.07) is 7.65. The van der Waals surface area contributed by atoms with Crippen molar-refractivity contribution in [2.45, 2.75) is 37.8 Å². The highest BCUT2D eigenvalue weighted by atomic mass is 32.2. The van der Waals surface area contributed by atoms with Crippen molar-refractivity contribution in [3.63, 3.8) is 0 Å². The molecule has 0 bridgehead atoms. The van der Waals surface area contributed by atoms with Crippen LogP contribution in [-0.2, 0) is 14.6 Å². The highest BCUT2D eigenvalue weighted by Gasteiger charge is 2.34. The van der Waals surface area contributed by atoms with E-state index in [-0.39, 0.29) is 52.5 Å². The number of anilines is 1. The monoisotopic (exact) mass is 611 g/mol. The van der Waals surface area contributed by atoms with Gasteiger partial charge in [0.2, 0.25) is 5.91 Å². The van der Waals surface area contributed by atoms with E-state index in [4.69, 9.17) is 0 Å². The molecular weight excluding hydrogens is 583 g/mol. The summed E-state index contributed by atoms with van der Waals surface area (Å²) in [4.78, 5) is 38.0. The van der Waals surface area contributed by atoms with Gasteiger partial charge in [0.05, 0.1) is 21.5 Å². The quantitative estimate of drug-likeness (QED) is 0.312. The molecule has 2 aromatic heterocycles. The molecule has 2 aromatic carbocycles. The fourth-order valence-electron chi connectivity index (χ4n) is 5.49. The van der Waals surface area contributed by atoms with Crippen LogP contribution >= 0.6 is 0 Å². The van der Waals surface area contributed by atoms with Crippen LogP contribution in [0.15, 0.2) is 64.8 Å². The van der Waals surface area contributed by atoms with Gasteiger partial charge in [0, 0.05) is 31.4 Å². The van der Waals surface area contributed by atoms with Gasteiger partial charge in [0.25, 0.3) is 0 Å². The molecule has 1 aliphatic heterocycles. The largest absolute Gasteiger partial charge is 0.355 e. The molecule has 0 saturated carbocycles. The first-order valence-electron chi connectivity index (χ1n) is 13.3. The Hall–Kier alpha value is -4.52. The van der Waals surface area contributed by atoms with Crippen molar-refractivity contribution in [3.05, 3.63) is 88.6 Å². The molecule has 13 heteroatoms. The van der Waals surface area contributed by atoms with Gasteiger partial charge in [-0.15, -0.1) is 0 Å². The van der Waals surface area contributed by atoms with Gasteiger partial charge in [-0.1, -0.05) is 24.8 Å². The Morgan fingerprint density at radius 2 is 1.65 bits per heavy atom. The van der Waals surface area contributed by atoms with E-state index in [2.05, 4.69) is 16.5 Å². The number of halogens is 3. The Bertz CT molecular complexity index is 1960. The van der Waals surface area contributed by atoms with Crippen molar-refractivity contribution in [2.24, 2.45) is 0 Å². The van der Waals surface area contributed by atoms with Crippen LogP contribution in [0.25, 0.3) is 28.0 Å². The predicted molar refractivity (Wildman–Crippen MR) is 156 cm³/mol. The lowest BCUT2D eigenvalue weighted by Crippen LogP contribution is -2.58. The second kappa shape index (κ2) is 11.0. The molecule has 0 unspecified atom stereocenters. The summed E-state index contributed by atoms with van der Waals surface area (Å²) in [6.45, 7) is 9.16. The smallest absolute Gasteiger partial charge is 0.349 e. The number of carbonyl (C=O) groups excluding carboxylic acids is 1. The molecule has 43 heavy (non-hydrogen) atoms. The van der Waals surface area contributed by atoms with Crippen molar-refractivity contribution in [3.8, 4) is 16.9 Å². The van der Waals surface area contributed by atoms with E-state index in [9.17, 15) is 26.8 Å². The fourth-order valence-corrected chi connectivity index (χ4v) is 6.42. The number of hydrogen-bond donors (Lipinski definition) is 0. The molecule has 224 valence electrons. The van der Waals surface area contributed by atoms with Gasteiger partial charge >= 0.3 is 5.69 Å². The van der Waals surface area contributed by atoms with Crippen LogP contribution in [0.4, 0.5) is 19.0 Å². The number of para-hydroxylation sites is 1. The highest BCUT2D eigenvalue weighted by molar-refractivity contribution is 7.90. The lowest BCUT2D eigenvalue weighted by molar-refractivity contribution is -0.128. The van der Waals surface area contributed by atoms with Crippen LogP contribution in [-0.4, -0.2) is 65.2 Å². The normalized spacial score (nSPS) is 17.4. The molecule has 5 rings (SSSR count). The molecule has 0 aliphatic carbocycles. The van der Waals surface area contributed by atoms with Gasteiger partial charge in [-0.2, -0.15) is 4.98 Å². The SMILES string of the molecule is C=CC(=O)N1C[C@H](C)N(c2nc(=O)n(-c3c(C)cccc3S(C)(=O)=O)c3nc(-c4c(F)cccc4F)c(F)cc23)C[C@H]1C. The van der Waals surface area contributed by atoms with Gasteiger partial charge < -0.3 is 9.80 Å². The zero-order valence-corrected chi connectivity index (χ0v) is 24.6. The summed E-state index contributed by atoms with van der Waals surface area (Å²) in [5.41, 5.74) is -2.34. The zero-order chi connectivity index (χ0) is 31.4. The lowest BCUT2D eigenvalue weighted by atomic mass is 10.1. The topological polar surface area (TPSA) is 105 Å². The molecule has 0 radical (unpaired) electrons. The van der Waals surface area contributed by atoms with Gasteiger partial charge in [-0.05, 0) is 56.7 Å². The van der Waals surface area contributed by atoms with Crippen LogP contribution in [0.1, 0.15) is 19.4 Å². The van der Waals surface area contributed by atoms with Crippen LogP contribution in [0.5, 0.6) is 0 Å². The Balaban J connectivity index is 1.87. The summed E-state index contributed by atoms with van der Waals surface area (Å²) < 4.78 is 72.0. The number of sulfone groups is 1. The number of amides is 1. The van der Waals surface area contributed by atoms with Crippen LogP contribution in [0.2, 0.25) is 0 Å². The third kappa shape index (κ3) is 5.18. The Morgan fingerprint density at radius 3 is 2.28 bits per heavy atom. The number of benzene rings is 2. The summed E-state index contributed by atoms with van der Waals surface area (Å²) >= 11 is 0. The summed E-state index contributed by atoms with van der Waals surface area (Å²) in [5, 5.41) is 0.00264. The molecule has 0 spiro atoms. The van der Waals surface area contributed by atoms with Crippen molar-refractivity contribution in [2.75, 3.05) is 24.2 Å². The van der Waals surface area contributed by atoms with E-state index in [1.165, 1.54) is 18.2 Å². The molecule has 3 heterocycles. The number of nitrogens with zero attached hydrogens (tertiary/aromatic N) is 5. The number of rotatable bonds is 5. The van der Waals surface area contributed by atoms with Gasteiger partial charge in [0.1, 0.15) is 23.1 Å². The number of aromatic nitrogens is 3. The maximum absolute atomic E-state index is 15.8. The van der Waals surface area contributed by atoms with Crippen molar-refractivity contribution < 1.29 is 26.4 Å². The van der Waals surface area contributed by atoms with E-state index in [1.807, 2.05) is 0 Å². The Labute approximate surface area is 245 Å². The van der Waals surface area contributed by atoms with E-state index < -0.39 is 50.3 Å². The molecule has 1 amide bonds. The molecule has 0 N–H and O–H groups in total. The summed E-state index contributed by atoms with van der Waals surface area (Å²) in [7, 11) is -3.90. The number of hydrogen-bond acceptors (Lipinski definition) is 7. The molecule has 2 atom stereocenters. The standard InChI is InChI=1S/C30H28F3N5O4S/c1-6-24(39)36-14-18(4)37(15-17(36)3)28-19-13-22(33)26(25-20(31)10-8-11-21(25)32)34-29(19)38(30(40)35-28)27-16(2)9-7-12-23(27)43(5,41)42/h6-13,17-18H,1,14-15H2,2-5H3/t17-,18+/m1/s1. The highest BCUT2D eigenvalue weighted by Crippen LogP contribution is 2.35. The van der Waals surface area contributed by atoms with E-state index >= 15 is 4.39 Å². The van der Waals surface area contributed by atoms with Crippen LogP contribution in [0.3, 0.4) is 0 Å². The molecule has 1 aliphatic rings. The minimum Gasteiger partial charge on any atom is -0.349 e. The fraction of sp³-hybridized carbons (Fsp3) is 0.267. The number of piperazine rings is 1. The van der Waals surface area contributed by atoms with Crippen molar-refractivity contribution in [1.29, 1.82) is 0 Å². The number of aryl methyl sites for hydroxylation is 1. The maximum Gasteiger partial charge on any atom is 0.355 e. The van der Waals surface area contributed by atoms with E-state index in [0.29, 0.717) is 5.56 Å². The molecule has 1 fully saturated rings. The first-order chi connectivity index (χ1) is 20.2. The minimum atomic E-state index is -3.90. The second-order valence-corrected chi connectivity index (χ2v) is 12.6.